The van der Waals surface area contributed by atoms with Crippen LogP contribution in [-0.2, 0) is 11.3 Å². The van der Waals surface area contributed by atoms with E-state index in [2.05, 4.69) is 10.4 Å². The number of nitrogens with zero attached hydrogens (tertiary/aromatic N) is 2. The quantitative estimate of drug-likeness (QED) is 0.577. The standard InChI is InChI=1S/C16H12Cl3N3O2S/c17-11-6-13(19)14(7-12(11)18)24-9-16(23)21-15-3-4-20-22(15)8-10-2-1-5-25-10/h1-7H,8-9H2,(H,21,23). The van der Waals surface area contributed by atoms with Gasteiger partial charge >= 0.3 is 0 Å². The molecule has 1 N–H and O–H groups in total. The number of halogens is 3. The molecule has 0 fully saturated rings. The summed E-state index contributed by atoms with van der Waals surface area (Å²) < 4.78 is 7.12. The van der Waals surface area contributed by atoms with E-state index in [1.54, 1.807) is 28.3 Å². The lowest BCUT2D eigenvalue weighted by Gasteiger charge is -2.11. The van der Waals surface area contributed by atoms with Gasteiger partial charge in [-0.2, -0.15) is 5.10 Å². The maximum absolute atomic E-state index is 12.1. The Balaban J connectivity index is 1.60. The summed E-state index contributed by atoms with van der Waals surface area (Å²) in [6.07, 6.45) is 1.62. The highest BCUT2D eigenvalue weighted by Crippen LogP contribution is 2.33. The fraction of sp³-hybridized carbons (Fsp3) is 0.125. The number of benzene rings is 1. The maximum atomic E-state index is 12.1. The highest BCUT2D eigenvalue weighted by atomic mass is 35.5. The Kier molecular flexibility index (Phi) is 5.86. The number of thiophene rings is 1. The molecule has 25 heavy (non-hydrogen) atoms. The van der Waals surface area contributed by atoms with E-state index in [1.807, 2.05) is 17.5 Å². The third-order valence-electron chi connectivity index (χ3n) is 3.20. The first-order valence-electron chi connectivity index (χ1n) is 7.14. The molecule has 3 rings (SSSR count). The summed E-state index contributed by atoms with van der Waals surface area (Å²) in [5.74, 6) is 0.538. The SMILES string of the molecule is O=C(COc1cc(Cl)c(Cl)cc1Cl)Nc1ccnn1Cc1cccs1. The zero-order chi connectivity index (χ0) is 17.8. The van der Waals surface area contributed by atoms with Crippen LogP contribution in [0.1, 0.15) is 4.88 Å². The molecule has 9 heteroatoms. The van der Waals surface area contributed by atoms with E-state index in [4.69, 9.17) is 39.5 Å². The van der Waals surface area contributed by atoms with Gasteiger partial charge in [-0.1, -0.05) is 40.9 Å². The molecule has 0 saturated carbocycles. The van der Waals surface area contributed by atoms with E-state index < -0.39 is 0 Å². The zero-order valence-corrected chi connectivity index (χ0v) is 15.8. The van der Waals surface area contributed by atoms with Crippen LogP contribution in [0.15, 0.2) is 41.9 Å². The molecule has 5 nitrogen and oxygen atoms in total. The minimum atomic E-state index is -0.338. The first-order chi connectivity index (χ1) is 12.0. The molecular formula is C16H12Cl3N3O2S. The molecule has 130 valence electrons. The fourth-order valence-corrected chi connectivity index (χ4v) is 3.33. The Hall–Kier alpha value is -1.73. The van der Waals surface area contributed by atoms with Crippen molar-refractivity contribution in [2.24, 2.45) is 0 Å². The molecule has 0 saturated heterocycles. The van der Waals surface area contributed by atoms with Crippen molar-refractivity contribution < 1.29 is 9.53 Å². The van der Waals surface area contributed by atoms with Crippen LogP contribution in [0.5, 0.6) is 5.75 Å². The van der Waals surface area contributed by atoms with Crippen molar-refractivity contribution in [2.75, 3.05) is 11.9 Å². The number of hydrogen-bond acceptors (Lipinski definition) is 4. The van der Waals surface area contributed by atoms with Gasteiger partial charge in [-0.15, -0.1) is 11.3 Å². The highest BCUT2D eigenvalue weighted by molar-refractivity contribution is 7.09. The third kappa shape index (κ3) is 4.67. The topological polar surface area (TPSA) is 56.1 Å². The van der Waals surface area contributed by atoms with E-state index in [1.165, 1.54) is 12.1 Å². The number of hydrogen-bond donors (Lipinski definition) is 1. The van der Waals surface area contributed by atoms with Gasteiger partial charge < -0.3 is 10.1 Å². The van der Waals surface area contributed by atoms with Crippen molar-refractivity contribution in [1.82, 2.24) is 9.78 Å². The molecule has 0 unspecified atom stereocenters. The summed E-state index contributed by atoms with van der Waals surface area (Å²) in [7, 11) is 0. The Morgan fingerprint density at radius 3 is 2.76 bits per heavy atom. The van der Waals surface area contributed by atoms with Crippen molar-refractivity contribution in [3.05, 3.63) is 61.9 Å². The molecule has 0 bridgehead atoms. The van der Waals surface area contributed by atoms with Gasteiger partial charge in [-0.05, 0) is 17.5 Å². The van der Waals surface area contributed by atoms with Gasteiger partial charge in [0.2, 0.25) is 0 Å². The smallest absolute Gasteiger partial charge is 0.263 e. The first-order valence-corrected chi connectivity index (χ1v) is 9.15. The van der Waals surface area contributed by atoms with Crippen LogP contribution in [0.25, 0.3) is 0 Å². The molecule has 0 aliphatic heterocycles. The van der Waals surface area contributed by atoms with Gasteiger partial charge in [-0.25, -0.2) is 4.68 Å². The predicted molar refractivity (Wildman–Crippen MR) is 101 cm³/mol. The Morgan fingerprint density at radius 2 is 2.00 bits per heavy atom. The Morgan fingerprint density at radius 1 is 1.20 bits per heavy atom. The monoisotopic (exact) mass is 415 g/mol. The second-order valence-electron chi connectivity index (χ2n) is 4.99. The molecular weight excluding hydrogens is 405 g/mol. The molecule has 2 aromatic heterocycles. The van der Waals surface area contributed by atoms with Gasteiger partial charge in [0.05, 0.1) is 27.8 Å². The van der Waals surface area contributed by atoms with Crippen LogP contribution >= 0.6 is 46.1 Å². The van der Waals surface area contributed by atoms with Gasteiger partial charge in [0.1, 0.15) is 11.6 Å². The van der Waals surface area contributed by atoms with Crippen LogP contribution in [0.3, 0.4) is 0 Å². The third-order valence-corrected chi connectivity index (χ3v) is 5.08. The van der Waals surface area contributed by atoms with Crippen molar-refractivity contribution >= 4 is 57.9 Å². The van der Waals surface area contributed by atoms with Crippen LogP contribution in [0, 0.1) is 0 Å². The lowest BCUT2D eigenvalue weighted by molar-refractivity contribution is -0.118. The molecule has 0 aliphatic rings. The summed E-state index contributed by atoms with van der Waals surface area (Å²) in [6, 6.07) is 8.64. The van der Waals surface area contributed by atoms with E-state index in [-0.39, 0.29) is 17.5 Å². The molecule has 2 heterocycles. The first kappa shape index (κ1) is 18.1. The molecule has 3 aromatic rings. The number of anilines is 1. The number of ether oxygens (including phenoxy) is 1. The average Bonchev–Trinajstić information content (AvgIpc) is 3.23. The lowest BCUT2D eigenvalue weighted by Crippen LogP contribution is -2.22. The largest absolute Gasteiger partial charge is 0.482 e. The molecule has 0 aliphatic carbocycles. The van der Waals surface area contributed by atoms with Gasteiger partial charge in [-0.3, -0.25) is 4.79 Å². The zero-order valence-electron chi connectivity index (χ0n) is 12.7. The number of amides is 1. The van der Waals surface area contributed by atoms with Crippen molar-refractivity contribution in [3.8, 4) is 5.75 Å². The van der Waals surface area contributed by atoms with Crippen molar-refractivity contribution in [1.29, 1.82) is 0 Å². The highest BCUT2D eigenvalue weighted by Gasteiger charge is 2.12. The summed E-state index contributed by atoms with van der Waals surface area (Å²) in [4.78, 5) is 13.3. The van der Waals surface area contributed by atoms with Gasteiger partial charge in [0.25, 0.3) is 5.91 Å². The number of carbonyl (C=O) groups is 1. The summed E-state index contributed by atoms with van der Waals surface area (Å²) in [6.45, 7) is 0.363. The second-order valence-corrected chi connectivity index (χ2v) is 7.24. The van der Waals surface area contributed by atoms with Crippen LogP contribution in [0.2, 0.25) is 15.1 Å². The van der Waals surface area contributed by atoms with Crippen LogP contribution < -0.4 is 10.1 Å². The summed E-state index contributed by atoms with van der Waals surface area (Å²) in [5.41, 5.74) is 0. The van der Waals surface area contributed by atoms with Crippen LogP contribution in [-0.4, -0.2) is 22.3 Å². The molecule has 0 spiro atoms. The van der Waals surface area contributed by atoms with Gasteiger partial charge in [0, 0.05) is 17.0 Å². The fourth-order valence-electron chi connectivity index (χ4n) is 2.05. The lowest BCUT2D eigenvalue weighted by atomic mass is 10.3. The number of rotatable bonds is 6. The second kappa shape index (κ2) is 8.10. The molecule has 0 atom stereocenters. The maximum Gasteiger partial charge on any atom is 0.263 e. The van der Waals surface area contributed by atoms with Crippen molar-refractivity contribution in [2.45, 2.75) is 6.54 Å². The average molecular weight is 417 g/mol. The summed E-state index contributed by atoms with van der Waals surface area (Å²) >= 11 is 19.4. The number of nitrogens with one attached hydrogen (secondary N) is 1. The van der Waals surface area contributed by atoms with E-state index in [0.29, 0.717) is 28.2 Å². The minimum Gasteiger partial charge on any atom is -0.482 e. The van der Waals surface area contributed by atoms with E-state index in [0.717, 1.165) is 4.88 Å². The van der Waals surface area contributed by atoms with E-state index in [9.17, 15) is 4.79 Å². The van der Waals surface area contributed by atoms with Crippen molar-refractivity contribution in [3.63, 3.8) is 0 Å². The molecule has 1 amide bonds. The Labute approximate surface area is 163 Å². The number of aromatic nitrogens is 2. The van der Waals surface area contributed by atoms with E-state index >= 15 is 0 Å². The van der Waals surface area contributed by atoms with Crippen LogP contribution in [0.4, 0.5) is 5.82 Å². The number of carbonyl (C=O) groups excluding carboxylic acids is 1. The Bertz CT molecular complexity index is 881. The molecule has 0 radical (unpaired) electrons. The normalized spacial score (nSPS) is 10.7. The van der Waals surface area contributed by atoms with Gasteiger partial charge in [0.15, 0.2) is 6.61 Å². The summed E-state index contributed by atoms with van der Waals surface area (Å²) in [5, 5.41) is 9.87. The molecule has 1 aromatic carbocycles. The minimum absolute atomic E-state index is 0.220. The predicted octanol–water partition coefficient (Wildman–Crippen LogP) is 4.97.